The molecule has 0 saturated heterocycles. The van der Waals surface area contributed by atoms with Gasteiger partial charge in [0, 0.05) is 13.7 Å². The van der Waals surface area contributed by atoms with E-state index >= 15 is 0 Å². The Bertz CT molecular complexity index is 761. The number of aliphatic carboxylic acids is 1. The second-order valence-electron chi connectivity index (χ2n) is 8.95. The van der Waals surface area contributed by atoms with E-state index in [1.807, 2.05) is 12.1 Å². The molecule has 2 aromatic carbocycles. The fourth-order valence-electron chi connectivity index (χ4n) is 4.42. The molecule has 3 unspecified atom stereocenters. The molecule has 1 saturated carbocycles. The molecule has 0 radical (unpaired) electrons. The molecule has 0 bridgehead atoms. The molecule has 3 atom stereocenters. The van der Waals surface area contributed by atoms with Crippen LogP contribution in [-0.4, -0.2) is 39.2 Å². The second-order valence-corrected chi connectivity index (χ2v) is 13.2. The first-order chi connectivity index (χ1) is 13.8. The van der Waals surface area contributed by atoms with Crippen molar-refractivity contribution in [3.63, 3.8) is 0 Å². The minimum atomic E-state index is -2.70. The molecule has 1 aliphatic carbocycles. The molecule has 0 aliphatic heterocycles. The molecule has 1 fully saturated rings. The van der Waals surface area contributed by atoms with Crippen LogP contribution in [-0.2, 0) is 14.0 Å². The van der Waals surface area contributed by atoms with Gasteiger partial charge in [-0.2, -0.15) is 0 Å². The molecular weight excluding hydrogens is 380 g/mol. The van der Waals surface area contributed by atoms with Gasteiger partial charge in [-0.05, 0) is 34.2 Å². The lowest BCUT2D eigenvalue weighted by Crippen LogP contribution is -2.68. The fraction of sp³-hybridized carbons (Fsp3) is 0.458. The van der Waals surface area contributed by atoms with Gasteiger partial charge in [-0.3, -0.25) is 4.79 Å². The van der Waals surface area contributed by atoms with Crippen molar-refractivity contribution in [1.29, 1.82) is 0 Å². The fourth-order valence-corrected chi connectivity index (χ4v) is 9.18. The zero-order valence-corrected chi connectivity index (χ0v) is 18.8. The first-order valence-corrected chi connectivity index (χ1v) is 12.2. The number of carbonyl (C=O) groups is 1. The van der Waals surface area contributed by atoms with Crippen LogP contribution in [0.15, 0.2) is 60.7 Å². The Balaban J connectivity index is 2.10. The van der Waals surface area contributed by atoms with Crippen molar-refractivity contribution >= 4 is 24.7 Å². The van der Waals surface area contributed by atoms with E-state index in [1.54, 1.807) is 7.11 Å². The highest BCUT2D eigenvalue weighted by molar-refractivity contribution is 6.99. The predicted molar refractivity (Wildman–Crippen MR) is 118 cm³/mol. The van der Waals surface area contributed by atoms with Crippen LogP contribution in [0.5, 0.6) is 0 Å². The van der Waals surface area contributed by atoms with Gasteiger partial charge < -0.3 is 14.3 Å². The summed E-state index contributed by atoms with van der Waals surface area (Å²) >= 11 is 0. The van der Waals surface area contributed by atoms with Gasteiger partial charge in [0.05, 0.1) is 12.0 Å². The largest absolute Gasteiger partial charge is 0.481 e. The van der Waals surface area contributed by atoms with Crippen molar-refractivity contribution in [3.8, 4) is 0 Å². The van der Waals surface area contributed by atoms with Crippen LogP contribution < -0.4 is 10.4 Å². The SMILES string of the molecule is COCCC(O[Si](c1ccccc1)(c1ccccc1)C(C)(C)C)C1CC1C(=O)O. The first kappa shape index (κ1) is 21.7. The highest BCUT2D eigenvalue weighted by atomic mass is 28.4. The molecule has 29 heavy (non-hydrogen) atoms. The highest BCUT2D eigenvalue weighted by Gasteiger charge is 2.55. The molecule has 0 aromatic heterocycles. The molecular formula is C24H32O4Si. The number of hydrogen-bond donors (Lipinski definition) is 1. The summed E-state index contributed by atoms with van der Waals surface area (Å²) in [7, 11) is -1.02. The van der Waals surface area contributed by atoms with Crippen LogP contribution in [0.3, 0.4) is 0 Å². The number of hydrogen-bond acceptors (Lipinski definition) is 3. The van der Waals surface area contributed by atoms with Crippen LogP contribution in [0.1, 0.15) is 33.6 Å². The van der Waals surface area contributed by atoms with E-state index in [4.69, 9.17) is 9.16 Å². The normalized spacial score (nSPS) is 20.3. The minimum Gasteiger partial charge on any atom is -0.481 e. The summed E-state index contributed by atoms with van der Waals surface area (Å²) in [5, 5.41) is 11.8. The summed E-state index contributed by atoms with van der Waals surface area (Å²) in [6.07, 6.45) is 1.25. The molecule has 0 spiro atoms. The average Bonchev–Trinajstić information content (AvgIpc) is 3.50. The molecule has 156 valence electrons. The van der Waals surface area contributed by atoms with Crippen molar-refractivity contribution in [2.75, 3.05) is 13.7 Å². The standard InChI is InChI=1S/C24H32O4Si/c1-24(2,3)29(18-11-7-5-8-12-18,19-13-9-6-10-14-19)28-22(15-16-27-4)20-17-21(20)23(25)26/h5-14,20-22H,15-17H2,1-4H3,(H,25,26). The third-order valence-corrected chi connectivity index (χ3v) is 11.0. The minimum absolute atomic E-state index is 0.0456. The first-order valence-electron chi connectivity index (χ1n) is 10.3. The lowest BCUT2D eigenvalue weighted by Gasteiger charge is -2.45. The Kier molecular flexibility index (Phi) is 6.61. The third kappa shape index (κ3) is 4.47. The monoisotopic (exact) mass is 412 g/mol. The van der Waals surface area contributed by atoms with E-state index in [0.717, 1.165) is 0 Å². The number of carboxylic acids is 1. The Morgan fingerprint density at radius 3 is 1.97 bits per heavy atom. The predicted octanol–water partition coefficient (Wildman–Crippen LogP) is 3.69. The Morgan fingerprint density at radius 2 is 1.59 bits per heavy atom. The highest BCUT2D eigenvalue weighted by Crippen LogP contribution is 2.47. The van der Waals surface area contributed by atoms with Gasteiger partial charge in [-0.25, -0.2) is 0 Å². The van der Waals surface area contributed by atoms with Gasteiger partial charge in [0.15, 0.2) is 0 Å². The zero-order chi connectivity index (χ0) is 21.1. The van der Waals surface area contributed by atoms with Crippen LogP contribution in [0.2, 0.25) is 5.04 Å². The number of ether oxygens (including phenoxy) is 1. The molecule has 1 N–H and O–H groups in total. The van der Waals surface area contributed by atoms with E-state index in [1.165, 1.54) is 10.4 Å². The molecule has 0 amide bonds. The zero-order valence-electron chi connectivity index (χ0n) is 17.8. The molecule has 4 nitrogen and oxygen atoms in total. The van der Waals surface area contributed by atoms with Gasteiger partial charge in [-0.15, -0.1) is 0 Å². The number of carboxylic acid groups (broad SMARTS) is 1. The number of benzene rings is 2. The molecule has 5 heteroatoms. The second kappa shape index (κ2) is 8.82. The Morgan fingerprint density at radius 1 is 1.07 bits per heavy atom. The van der Waals surface area contributed by atoms with Crippen molar-refractivity contribution in [1.82, 2.24) is 0 Å². The maximum absolute atomic E-state index is 11.6. The average molecular weight is 413 g/mol. The molecule has 2 aromatic rings. The van der Waals surface area contributed by atoms with Crippen LogP contribution in [0.25, 0.3) is 0 Å². The van der Waals surface area contributed by atoms with Crippen molar-refractivity contribution < 1.29 is 19.1 Å². The van der Waals surface area contributed by atoms with E-state index in [0.29, 0.717) is 19.4 Å². The van der Waals surface area contributed by atoms with E-state index in [-0.39, 0.29) is 23.0 Å². The molecule has 0 heterocycles. The van der Waals surface area contributed by atoms with Crippen molar-refractivity contribution in [2.45, 2.75) is 44.8 Å². The summed E-state index contributed by atoms with van der Waals surface area (Å²) in [4.78, 5) is 11.6. The van der Waals surface area contributed by atoms with Gasteiger partial charge in [-0.1, -0.05) is 81.4 Å². The van der Waals surface area contributed by atoms with Gasteiger partial charge in [0.1, 0.15) is 0 Å². The van der Waals surface area contributed by atoms with E-state index < -0.39 is 14.3 Å². The summed E-state index contributed by atoms with van der Waals surface area (Å²) in [5.74, 6) is -0.983. The summed E-state index contributed by atoms with van der Waals surface area (Å²) in [6, 6.07) is 21.0. The summed E-state index contributed by atoms with van der Waals surface area (Å²) in [5.41, 5.74) is 0. The van der Waals surface area contributed by atoms with Gasteiger partial charge in [0.2, 0.25) is 0 Å². The smallest absolute Gasteiger partial charge is 0.306 e. The van der Waals surface area contributed by atoms with Gasteiger partial charge in [0.25, 0.3) is 8.32 Å². The Labute approximate surface area is 175 Å². The van der Waals surface area contributed by atoms with Crippen LogP contribution >= 0.6 is 0 Å². The van der Waals surface area contributed by atoms with E-state index in [9.17, 15) is 9.90 Å². The quantitative estimate of drug-likeness (QED) is 0.638. The lowest BCUT2D eigenvalue weighted by atomic mass is 10.1. The van der Waals surface area contributed by atoms with Crippen LogP contribution in [0, 0.1) is 11.8 Å². The maximum atomic E-state index is 11.6. The lowest BCUT2D eigenvalue weighted by molar-refractivity contribution is -0.139. The molecule has 1 aliphatic rings. The van der Waals surface area contributed by atoms with E-state index in [2.05, 4.69) is 69.3 Å². The molecule has 3 rings (SSSR count). The summed E-state index contributed by atoms with van der Waals surface area (Å²) < 4.78 is 12.5. The summed E-state index contributed by atoms with van der Waals surface area (Å²) in [6.45, 7) is 7.29. The van der Waals surface area contributed by atoms with Crippen LogP contribution in [0.4, 0.5) is 0 Å². The topological polar surface area (TPSA) is 55.8 Å². The Hall–Kier alpha value is -1.95. The number of rotatable bonds is 9. The maximum Gasteiger partial charge on any atom is 0.306 e. The van der Waals surface area contributed by atoms with Crippen molar-refractivity contribution in [3.05, 3.63) is 60.7 Å². The van der Waals surface area contributed by atoms with Gasteiger partial charge >= 0.3 is 5.97 Å². The van der Waals surface area contributed by atoms with Crippen molar-refractivity contribution in [2.24, 2.45) is 11.8 Å². The third-order valence-electron chi connectivity index (χ3n) is 5.99. The number of methoxy groups -OCH3 is 1.